The summed E-state index contributed by atoms with van der Waals surface area (Å²) in [6.07, 6.45) is 1.67. The van der Waals surface area contributed by atoms with Gasteiger partial charge in [-0.25, -0.2) is 0 Å². The first-order valence-corrected chi connectivity index (χ1v) is 6.05. The first-order valence-electron chi connectivity index (χ1n) is 5.29. The van der Waals surface area contributed by atoms with Crippen LogP contribution in [0.2, 0.25) is 10.0 Å². The summed E-state index contributed by atoms with van der Waals surface area (Å²) in [6.45, 7) is 2.00. The number of furan rings is 1. The van der Waals surface area contributed by atoms with Crippen LogP contribution in [0.4, 0.5) is 0 Å². The Kier molecular flexibility index (Phi) is 3.77. The molecule has 90 valence electrons. The lowest BCUT2D eigenvalue weighted by Gasteiger charge is -2.17. The largest absolute Gasteiger partial charge is 0.467 e. The maximum Gasteiger partial charge on any atom is 0.128 e. The van der Waals surface area contributed by atoms with E-state index in [1.54, 1.807) is 18.4 Å². The molecule has 0 radical (unpaired) electrons. The van der Waals surface area contributed by atoms with Crippen molar-refractivity contribution < 1.29 is 4.42 Å². The van der Waals surface area contributed by atoms with Gasteiger partial charge in [-0.15, -0.1) is 0 Å². The Bertz CT molecular complexity index is 522. The Labute approximate surface area is 111 Å². The van der Waals surface area contributed by atoms with E-state index in [9.17, 15) is 0 Å². The standard InChI is InChI=1S/C13H13Cl2NO/c1-8-5-6-17-13(8)12(16-2)10-7-9(14)3-4-11(10)15/h3-7,12,16H,1-2H3. The van der Waals surface area contributed by atoms with Crippen LogP contribution < -0.4 is 5.32 Å². The molecule has 0 amide bonds. The van der Waals surface area contributed by atoms with E-state index in [2.05, 4.69) is 5.32 Å². The highest BCUT2D eigenvalue weighted by molar-refractivity contribution is 6.33. The van der Waals surface area contributed by atoms with Crippen LogP contribution in [0.25, 0.3) is 0 Å². The molecule has 1 N–H and O–H groups in total. The molecule has 0 saturated carbocycles. The Morgan fingerprint density at radius 3 is 2.59 bits per heavy atom. The SMILES string of the molecule is CNC(c1cc(Cl)ccc1Cl)c1occc1C. The van der Waals surface area contributed by atoms with Crippen molar-refractivity contribution in [3.8, 4) is 0 Å². The van der Waals surface area contributed by atoms with Gasteiger partial charge in [0, 0.05) is 10.0 Å². The van der Waals surface area contributed by atoms with Gasteiger partial charge in [0.2, 0.25) is 0 Å². The lowest BCUT2D eigenvalue weighted by atomic mass is 10.0. The molecule has 0 spiro atoms. The highest BCUT2D eigenvalue weighted by Gasteiger charge is 2.20. The minimum Gasteiger partial charge on any atom is -0.467 e. The summed E-state index contributed by atoms with van der Waals surface area (Å²) < 4.78 is 5.50. The molecule has 0 aliphatic rings. The van der Waals surface area contributed by atoms with Crippen LogP contribution in [-0.2, 0) is 0 Å². The Hall–Kier alpha value is -0.960. The second-order valence-corrected chi connectivity index (χ2v) is 4.70. The lowest BCUT2D eigenvalue weighted by molar-refractivity contribution is 0.460. The molecule has 0 aliphatic carbocycles. The molecule has 1 unspecified atom stereocenters. The van der Waals surface area contributed by atoms with Gasteiger partial charge in [-0.2, -0.15) is 0 Å². The summed E-state index contributed by atoms with van der Waals surface area (Å²) >= 11 is 12.2. The third-order valence-electron chi connectivity index (χ3n) is 2.72. The average molecular weight is 270 g/mol. The molecule has 0 aliphatic heterocycles. The summed E-state index contributed by atoms with van der Waals surface area (Å²) in [7, 11) is 1.86. The first kappa shape index (κ1) is 12.5. The van der Waals surface area contributed by atoms with Crippen molar-refractivity contribution in [2.45, 2.75) is 13.0 Å². The second-order valence-electron chi connectivity index (χ2n) is 3.86. The van der Waals surface area contributed by atoms with Gasteiger partial charge in [0.1, 0.15) is 5.76 Å². The van der Waals surface area contributed by atoms with Crippen LogP contribution in [0, 0.1) is 6.92 Å². The minimum atomic E-state index is -0.0869. The van der Waals surface area contributed by atoms with Crippen molar-refractivity contribution >= 4 is 23.2 Å². The van der Waals surface area contributed by atoms with Crippen molar-refractivity contribution in [2.24, 2.45) is 0 Å². The number of hydrogen-bond donors (Lipinski definition) is 1. The zero-order chi connectivity index (χ0) is 12.4. The summed E-state index contributed by atoms with van der Waals surface area (Å²) in [4.78, 5) is 0. The number of halogens is 2. The van der Waals surface area contributed by atoms with Crippen LogP contribution in [0.1, 0.15) is 22.9 Å². The Balaban J connectivity index is 2.49. The third-order valence-corrected chi connectivity index (χ3v) is 3.30. The zero-order valence-electron chi connectivity index (χ0n) is 9.63. The van der Waals surface area contributed by atoms with Crippen LogP contribution in [0.5, 0.6) is 0 Å². The molecule has 17 heavy (non-hydrogen) atoms. The van der Waals surface area contributed by atoms with Crippen LogP contribution >= 0.6 is 23.2 Å². The van der Waals surface area contributed by atoms with Crippen molar-refractivity contribution in [2.75, 3.05) is 7.05 Å². The summed E-state index contributed by atoms with van der Waals surface area (Å²) in [5, 5.41) is 4.52. The van der Waals surface area contributed by atoms with Gasteiger partial charge in [-0.05, 0) is 49.4 Å². The van der Waals surface area contributed by atoms with E-state index >= 15 is 0 Å². The van der Waals surface area contributed by atoms with Gasteiger partial charge in [0.25, 0.3) is 0 Å². The highest BCUT2D eigenvalue weighted by atomic mass is 35.5. The summed E-state index contributed by atoms with van der Waals surface area (Å²) in [5.74, 6) is 0.858. The number of benzene rings is 1. The Morgan fingerprint density at radius 2 is 2.00 bits per heavy atom. The van der Waals surface area contributed by atoms with Crippen molar-refractivity contribution in [3.63, 3.8) is 0 Å². The van der Waals surface area contributed by atoms with Crippen molar-refractivity contribution in [1.29, 1.82) is 0 Å². The van der Waals surface area contributed by atoms with Crippen molar-refractivity contribution in [1.82, 2.24) is 5.32 Å². The van der Waals surface area contributed by atoms with E-state index in [0.717, 1.165) is 16.9 Å². The van der Waals surface area contributed by atoms with Gasteiger partial charge in [0.05, 0.1) is 12.3 Å². The predicted octanol–water partition coefficient (Wildman–Crippen LogP) is 4.20. The van der Waals surface area contributed by atoms with Gasteiger partial charge in [-0.3, -0.25) is 0 Å². The maximum absolute atomic E-state index is 6.20. The van der Waals surface area contributed by atoms with E-state index in [1.807, 2.05) is 26.1 Å². The minimum absolute atomic E-state index is 0.0869. The van der Waals surface area contributed by atoms with Gasteiger partial charge < -0.3 is 9.73 Å². The molecule has 2 aromatic rings. The van der Waals surface area contributed by atoms with Crippen LogP contribution in [0.3, 0.4) is 0 Å². The zero-order valence-corrected chi connectivity index (χ0v) is 11.1. The maximum atomic E-state index is 6.20. The fraction of sp³-hybridized carbons (Fsp3) is 0.231. The van der Waals surface area contributed by atoms with Crippen LogP contribution in [0.15, 0.2) is 34.9 Å². The number of rotatable bonds is 3. The Morgan fingerprint density at radius 1 is 1.24 bits per heavy atom. The van der Waals surface area contributed by atoms with E-state index < -0.39 is 0 Å². The van der Waals surface area contributed by atoms with E-state index in [-0.39, 0.29) is 6.04 Å². The molecule has 1 atom stereocenters. The fourth-order valence-electron chi connectivity index (χ4n) is 1.84. The molecule has 4 heteroatoms. The smallest absolute Gasteiger partial charge is 0.128 e. The monoisotopic (exact) mass is 269 g/mol. The van der Waals surface area contributed by atoms with Crippen LogP contribution in [-0.4, -0.2) is 7.05 Å². The molecular weight excluding hydrogens is 257 g/mol. The van der Waals surface area contributed by atoms with Gasteiger partial charge >= 0.3 is 0 Å². The molecule has 2 rings (SSSR count). The number of nitrogens with one attached hydrogen (secondary N) is 1. The molecular formula is C13H13Cl2NO. The van der Waals surface area contributed by atoms with Gasteiger partial charge in [0.15, 0.2) is 0 Å². The molecule has 2 nitrogen and oxygen atoms in total. The molecule has 1 aromatic heterocycles. The van der Waals surface area contributed by atoms with E-state index in [4.69, 9.17) is 27.6 Å². The first-order chi connectivity index (χ1) is 8.13. The van der Waals surface area contributed by atoms with E-state index in [1.165, 1.54) is 0 Å². The quantitative estimate of drug-likeness (QED) is 0.904. The predicted molar refractivity (Wildman–Crippen MR) is 70.8 cm³/mol. The molecule has 1 aromatic carbocycles. The third kappa shape index (κ3) is 2.49. The molecule has 1 heterocycles. The second kappa shape index (κ2) is 5.13. The molecule has 0 bridgehead atoms. The molecule has 0 saturated heterocycles. The normalized spacial score (nSPS) is 12.7. The number of hydrogen-bond acceptors (Lipinski definition) is 2. The average Bonchev–Trinajstić information content (AvgIpc) is 2.71. The fourth-order valence-corrected chi connectivity index (χ4v) is 2.25. The number of aryl methyl sites for hydroxylation is 1. The lowest BCUT2D eigenvalue weighted by Crippen LogP contribution is -2.18. The summed E-state index contributed by atoms with van der Waals surface area (Å²) in [5.41, 5.74) is 2.00. The van der Waals surface area contributed by atoms with Crippen molar-refractivity contribution in [3.05, 3.63) is 57.5 Å². The highest BCUT2D eigenvalue weighted by Crippen LogP contribution is 2.32. The summed E-state index contributed by atoms with van der Waals surface area (Å²) in [6, 6.07) is 7.26. The molecule has 0 fully saturated rings. The topological polar surface area (TPSA) is 25.2 Å². The van der Waals surface area contributed by atoms with Gasteiger partial charge in [-0.1, -0.05) is 23.2 Å². The van der Waals surface area contributed by atoms with E-state index in [0.29, 0.717) is 10.0 Å².